The van der Waals surface area contributed by atoms with Crippen LogP contribution in [-0.2, 0) is 4.74 Å². The van der Waals surface area contributed by atoms with E-state index in [1.165, 1.54) is 10.7 Å². The number of halogens is 1. The van der Waals surface area contributed by atoms with Crippen LogP contribution in [0.2, 0.25) is 5.15 Å². The first kappa shape index (κ1) is 15.7. The van der Waals surface area contributed by atoms with Gasteiger partial charge in [0, 0.05) is 12.1 Å². The minimum atomic E-state index is -0.423. The highest BCUT2D eigenvalue weighted by Crippen LogP contribution is 2.33. The summed E-state index contributed by atoms with van der Waals surface area (Å²) in [6, 6.07) is 1.63. The normalized spacial score (nSPS) is 14.0. The molecule has 0 radical (unpaired) electrons. The number of amides is 1. The number of carbonyl (C=O) groups is 2. The van der Waals surface area contributed by atoms with Crippen LogP contribution < -0.4 is 4.90 Å². The van der Waals surface area contributed by atoms with Gasteiger partial charge in [-0.05, 0) is 19.3 Å². The fourth-order valence-electron chi connectivity index (χ4n) is 2.33. The molecular formula is C15H17ClN4O3. The van der Waals surface area contributed by atoms with E-state index in [2.05, 4.69) is 10.1 Å². The lowest BCUT2D eigenvalue weighted by molar-refractivity contribution is 0.112. The van der Waals surface area contributed by atoms with Crippen LogP contribution in [0.3, 0.4) is 0 Å². The maximum atomic E-state index is 12.5. The van der Waals surface area contributed by atoms with Crippen molar-refractivity contribution in [1.29, 1.82) is 0 Å². The molecule has 0 saturated heterocycles. The summed E-state index contributed by atoms with van der Waals surface area (Å²) in [6.07, 6.45) is 5.20. The number of rotatable bonds is 6. The molecule has 2 aromatic rings. The Kier molecular flexibility index (Phi) is 4.47. The minimum Gasteiger partial charge on any atom is -0.449 e. The van der Waals surface area contributed by atoms with E-state index in [-0.39, 0.29) is 11.2 Å². The Labute approximate surface area is 138 Å². The number of nitrogens with zero attached hydrogens (tertiary/aromatic N) is 4. The number of aromatic nitrogens is 3. The van der Waals surface area contributed by atoms with Crippen LogP contribution in [0.5, 0.6) is 0 Å². The van der Waals surface area contributed by atoms with Crippen LogP contribution >= 0.6 is 11.6 Å². The van der Waals surface area contributed by atoms with Crippen LogP contribution in [0.25, 0.3) is 5.65 Å². The molecule has 0 aliphatic heterocycles. The molecule has 0 aromatic carbocycles. The quantitative estimate of drug-likeness (QED) is 0.460. The van der Waals surface area contributed by atoms with Crippen molar-refractivity contribution in [3.63, 3.8) is 0 Å². The Morgan fingerprint density at radius 2 is 2.35 bits per heavy atom. The van der Waals surface area contributed by atoms with Gasteiger partial charge in [-0.3, -0.25) is 9.69 Å². The molecule has 8 heteroatoms. The first-order valence-electron chi connectivity index (χ1n) is 7.61. The van der Waals surface area contributed by atoms with Gasteiger partial charge in [0.05, 0.1) is 18.4 Å². The SMILES string of the molecule is CCCCOC(=O)N(c1cc(Cl)nc2c(C=O)cnn12)C1CC1. The second-order valence-electron chi connectivity index (χ2n) is 5.46. The average molecular weight is 337 g/mol. The molecule has 1 aliphatic rings. The molecule has 3 rings (SSSR count). The summed E-state index contributed by atoms with van der Waals surface area (Å²) in [5.41, 5.74) is 0.651. The highest BCUT2D eigenvalue weighted by Gasteiger charge is 2.37. The zero-order valence-electron chi connectivity index (χ0n) is 12.7. The van der Waals surface area contributed by atoms with E-state index in [1.54, 1.807) is 11.0 Å². The van der Waals surface area contributed by atoms with Crippen molar-refractivity contribution in [2.75, 3.05) is 11.5 Å². The van der Waals surface area contributed by atoms with E-state index in [1.807, 2.05) is 6.92 Å². The Bertz CT molecular complexity index is 742. The molecule has 0 spiro atoms. The summed E-state index contributed by atoms with van der Waals surface area (Å²) in [7, 11) is 0. The molecule has 2 aromatic heterocycles. The first-order valence-corrected chi connectivity index (χ1v) is 7.99. The second-order valence-corrected chi connectivity index (χ2v) is 5.85. The summed E-state index contributed by atoms with van der Waals surface area (Å²) in [5.74, 6) is 0.470. The minimum absolute atomic E-state index is 0.0645. The number of fused-ring (bicyclic) bond motifs is 1. The van der Waals surface area contributed by atoms with Crippen molar-refractivity contribution >= 4 is 35.4 Å². The van der Waals surface area contributed by atoms with E-state index in [0.29, 0.717) is 29.9 Å². The van der Waals surface area contributed by atoms with Gasteiger partial charge >= 0.3 is 6.09 Å². The van der Waals surface area contributed by atoms with Gasteiger partial charge in [0.2, 0.25) is 0 Å². The van der Waals surface area contributed by atoms with Crippen molar-refractivity contribution in [3.8, 4) is 0 Å². The summed E-state index contributed by atoms with van der Waals surface area (Å²) >= 11 is 6.06. The second kappa shape index (κ2) is 6.54. The van der Waals surface area contributed by atoms with Crippen molar-refractivity contribution in [3.05, 3.63) is 23.0 Å². The predicted molar refractivity (Wildman–Crippen MR) is 85.1 cm³/mol. The number of hydrogen-bond acceptors (Lipinski definition) is 5. The van der Waals surface area contributed by atoms with Gasteiger partial charge in [-0.15, -0.1) is 0 Å². The summed E-state index contributed by atoms with van der Waals surface area (Å²) in [6.45, 7) is 2.41. The van der Waals surface area contributed by atoms with Gasteiger partial charge in [-0.2, -0.15) is 9.61 Å². The highest BCUT2D eigenvalue weighted by atomic mass is 35.5. The van der Waals surface area contributed by atoms with Crippen LogP contribution in [0.15, 0.2) is 12.3 Å². The maximum absolute atomic E-state index is 12.5. The standard InChI is InChI=1S/C15H17ClN4O3/c1-2-3-6-23-15(22)19(11-4-5-11)13-7-12(16)18-14-10(9-21)8-17-20(13)14/h7-9,11H,2-6H2,1H3. The Hall–Kier alpha value is -2.15. The number of ether oxygens (including phenoxy) is 1. The van der Waals surface area contributed by atoms with E-state index < -0.39 is 6.09 Å². The van der Waals surface area contributed by atoms with Gasteiger partial charge in [-0.25, -0.2) is 9.78 Å². The van der Waals surface area contributed by atoms with Crippen LogP contribution in [0.4, 0.5) is 10.6 Å². The molecule has 122 valence electrons. The predicted octanol–water partition coefficient (Wildman–Crippen LogP) is 3.10. The Balaban J connectivity index is 1.99. The number of aldehydes is 1. The average Bonchev–Trinajstić information content (AvgIpc) is 3.27. The third-order valence-electron chi connectivity index (χ3n) is 3.65. The Morgan fingerprint density at radius 1 is 1.57 bits per heavy atom. The van der Waals surface area contributed by atoms with E-state index in [4.69, 9.17) is 16.3 Å². The van der Waals surface area contributed by atoms with Crippen molar-refractivity contribution in [1.82, 2.24) is 14.6 Å². The molecule has 2 heterocycles. The number of unbranched alkanes of at least 4 members (excludes halogenated alkanes) is 1. The van der Waals surface area contributed by atoms with Crippen molar-refractivity contribution in [2.45, 2.75) is 38.6 Å². The van der Waals surface area contributed by atoms with Crippen molar-refractivity contribution < 1.29 is 14.3 Å². The topological polar surface area (TPSA) is 76.8 Å². The monoisotopic (exact) mass is 336 g/mol. The number of carbonyl (C=O) groups excluding carboxylic acids is 2. The molecule has 0 unspecified atom stereocenters. The molecule has 0 bridgehead atoms. The van der Waals surface area contributed by atoms with Gasteiger partial charge < -0.3 is 4.74 Å². The van der Waals surface area contributed by atoms with Crippen LogP contribution in [0.1, 0.15) is 43.0 Å². The number of hydrogen-bond donors (Lipinski definition) is 0. The van der Waals surface area contributed by atoms with E-state index in [0.717, 1.165) is 25.7 Å². The van der Waals surface area contributed by atoms with Gasteiger partial charge in [0.25, 0.3) is 0 Å². The number of anilines is 1. The van der Waals surface area contributed by atoms with Crippen LogP contribution in [0, 0.1) is 0 Å². The largest absolute Gasteiger partial charge is 0.449 e. The molecule has 1 saturated carbocycles. The van der Waals surface area contributed by atoms with Crippen LogP contribution in [-0.4, -0.2) is 39.6 Å². The zero-order valence-corrected chi connectivity index (χ0v) is 13.5. The summed E-state index contributed by atoms with van der Waals surface area (Å²) in [5, 5.41) is 4.35. The molecule has 0 N–H and O–H groups in total. The van der Waals surface area contributed by atoms with E-state index >= 15 is 0 Å². The Morgan fingerprint density at radius 3 is 3.00 bits per heavy atom. The fraction of sp³-hybridized carbons (Fsp3) is 0.467. The lowest BCUT2D eigenvalue weighted by Gasteiger charge is -2.22. The van der Waals surface area contributed by atoms with Gasteiger partial charge in [0.1, 0.15) is 11.0 Å². The first-order chi connectivity index (χ1) is 11.2. The third kappa shape index (κ3) is 3.14. The molecule has 1 aliphatic carbocycles. The molecule has 7 nitrogen and oxygen atoms in total. The summed E-state index contributed by atoms with van der Waals surface area (Å²) in [4.78, 5) is 29.2. The van der Waals surface area contributed by atoms with Gasteiger partial charge in [-0.1, -0.05) is 24.9 Å². The molecule has 0 atom stereocenters. The zero-order chi connectivity index (χ0) is 16.4. The lowest BCUT2D eigenvalue weighted by Crippen LogP contribution is -2.35. The molecular weight excluding hydrogens is 320 g/mol. The highest BCUT2D eigenvalue weighted by molar-refractivity contribution is 6.29. The molecule has 1 amide bonds. The lowest BCUT2D eigenvalue weighted by atomic mass is 10.3. The van der Waals surface area contributed by atoms with Crippen molar-refractivity contribution in [2.24, 2.45) is 0 Å². The maximum Gasteiger partial charge on any atom is 0.415 e. The molecule has 1 fully saturated rings. The smallest absolute Gasteiger partial charge is 0.415 e. The van der Waals surface area contributed by atoms with E-state index in [9.17, 15) is 9.59 Å². The molecule has 23 heavy (non-hydrogen) atoms. The fourth-order valence-corrected chi connectivity index (χ4v) is 2.50. The van der Waals surface area contributed by atoms with Gasteiger partial charge in [0.15, 0.2) is 11.9 Å². The third-order valence-corrected chi connectivity index (χ3v) is 3.85. The summed E-state index contributed by atoms with van der Waals surface area (Å²) < 4.78 is 6.79.